The highest BCUT2D eigenvalue weighted by molar-refractivity contribution is 5.97. The van der Waals surface area contributed by atoms with Gasteiger partial charge in [-0.3, -0.25) is 4.79 Å². The maximum atomic E-state index is 12.2. The Morgan fingerprint density at radius 1 is 1.45 bits per heavy atom. The molecule has 2 aromatic rings. The zero-order valence-corrected chi connectivity index (χ0v) is 12.3. The number of nitrogens with one attached hydrogen (secondary N) is 1. The number of hydrogen-bond acceptors (Lipinski definition) is 5. The fourth-order valence-electron chi connectivity index (χ4n) is 2.54. The molecule has 22 heavy (non-hydrogen) atoms. The van der Waals surface area contributed by atoms with Crippen LogP contribution in [-0.4, -0.2) is 32.3 Å². The van der Waals surface area contributed by atoms with Crippen LogP contribution in [-0.2, 0) is 4.74 Å². The highest BCUT2D eigenvalue weighted by Gasteiger charge is 2.19. The smallest absolute Gasteiger partial charge is 0.349 e. The lowest BCUT2D eigenvalue weighted by Gasteiger charge is -2.10. The van der Waals surface area contributed by atoms with E-state index in [1.165, 1.54) is 13.2 Å². The van der Waals surface area contributed by atoms with E-state index in [4.69, 9.17) is 13.9 Å². The van der Waals surface area contributed by atoms with Crippen LogP contribution in [0.5, 0.6) is 5.75 Å². The van der Waals surface area contributed by atoms with Gasteiger partial charge in [0.2, 0.25) is 0 Å². The predicted molar refractivity (Wildman–Crippen MR) is 80.3 cm³/mol. The van der Waals surface area contributed by atoms with Crippen molar-refractivity contribution in [2.75, 3.05) is 20.3 Å². The van der Waals surface area contributed by atoms with Crippen molar-refractivity contribution >= 4 is 16.9 Å². The summed E-state index contributed by atoms with van der Waals surface area (Å²) in [5.74, 6) is 0.00915. The van der Waals surface area contributed by atoms with Crippen molar-refractivity contribution in [1.82, 2.24) is 5.32 Å². The molecule has 1 aliphatic rings. The van der Waals surface area contributed by atoms with Gasteiger partial charge in [-0.2, -0.15) is 0 Å². The summed E-state index contributed by atoms with van der Waals surface area (Å²) in [7, 11) is 1.50. The Bertz CT molecular complexity index is 746. The van der Waals surface area contributed by atoms with Gasteiger partial charge in [0.1, 0.15) is 5.56 Å². The second-order valence-corrected chi connectivity index (χ2v) is 5.17. The van der Waals surface area contributed by atoms with Gasteiger partial charge in [-0.05, 0) is 25.0 Å². The molecule has 1 N–H and O–H groups in total. The number of ether oxygens (including phenoxy) is 2. The molecule has 0 aliphatic carbocycles. The molecule has 1 aromatic heterocycles. The molecule has 116 valence electrons. The lowest BCUT2D eigenvalue weighted by molar-refractivity contribution is 0.0855. The van der Waals surface area contributed by atoms with Crippen molar-refractivity contribution in [2.24, 2.45) is 0 Å². The summed E-state index contributed by atoms with van der Waals surface area (Å²) in [5, 5.41) is 3.36. The molecule has 0 unspecified atom stereocenters. The third kappa shape index (κ3) is 2.82. The van der Waals surface area contributed by atoms with Crippen LogP contribution in [0.3, 0.4) is 0 Å². The Hall–Kier alpha value is -2.34. The van der Waals surface area contributed by atoms with Gasteiger partial charge in [-0.15, -0.1) is 0 Å². The Morgan fingerprint density at radius 3 is 3.05 bits per heavy atom. The number of fused-ring (bicyclic) bond motifs is 1. The van der Waals surface area contributed by atoms with Crippen molar-refractivity contribution < 1.29 is 18.7 Å². The van der Waals surface area contributed by atoms with E-state index in [0.29, 0.717) is 23.3 Å². The van der Waals surface area contributed by atoms with Crippen molar-refractivity contribution in [3.8, 4) is 5.75 Å². The molecule has 0 saturated carbocycles. The summed E-state index contributed by atoms with van der Waals surface area (Å²) in [5.41, 5.74) is -0.355. The first-order valence-corrected chi connectivity index (χ1v) is 7.19. The molecule has 1 atom stereocenters. The molecular formula is C16H17NO5. The molecule has 0 radical (unpaired) electrons. The fourth-order valence-corrected chi connectivity index (χ4v) is 2.54. The third-order valence-corrected chi connectivity index (χ3v) is 3.70. The van der Waals surface area contributed by atoms with E-state index in [-0.39, 0.29) is 11.7 Å². The van der Waals surface area contributed by atoms with Gasteiger partial charge in [0.15, 0.2) is 11.3 Å². The number of hydrogen-bond donors (Lipinski definition) is 1. The summed E-state index contributed by atoms with van der Waals surface area (Å²) < 4.78 is 15.8. The van der Waals surface area contributed by atoms with Crippen molar-refractivity contribution in [3.63, 3.8) is 0 Å². The van der Waals surface area contributed by atoms with Crippen LogP contribution in [0.25, 0.3) is 11.0 Å². The minimum absolute atomic E-state index is 0.0150. The summed E-state index contributed by atoms with van der Waals surface area (Å²) in [6, 6.07) is 6.75. The Balaban J connectivity index is 1.85. The second kappa shape index (κ2) is 6.19. The van der Waals surface area contributed by atoms with E-state index in [1.807, 2.05) is 0 Å². The standard InChI is InChI=1S/C16H17NO5/c1-20-13-6-2-4-10-8-12(16(19)22-14(10)13)15(18)17-9-11-5-3-7-21-11/h2,4,6,8,11H,3,5,7,9H2,1H3,(H,17,18)/t11-/m0/s1. The molecule has 1 aromatic carbocycles. The van der Waals surface area contributed by atoms with Crippen LogP contribution in [0, 0.1) is 0 Å². The predicted octanol–water partition coefficient (Wildman–Crippen LogP) is 1.71. The number of carbonyl (C=O) groups is 1. The van der Waals surface area contributed by atoms with Crippen LogP contribution >= 0.6 is 0 Å². The average molecular weight is 303 g/mol. The first kappa shape index (κ1) is 14.6. The Labute approximate surface area is 127 Å². The number of carbonyl (C=O) groups excluding carboxylic acids is 1. The fraction of sp³-hybridized carbons (Fsp3) is 0.375. The summed E-state index contributed by atoms with van der Waals surface area (Å²) in [6.07, 6.45) is 1.94. The summed E-state index contributed by atoms with van der Waals surface area (Å²) in [4.78, 5) is 24.2. The normalized spacial score (nSPS) is 17.6. The van der Waals surface area contributed by atoms with Crippen molar-refractivity contribution in [1.29, 1.82) is 0 Å². The van der Waals surface area contributed by atoms with Gasteiger partial charge >= 0.3 is 5.63 Å². The number of para-hydroxylation sites is 1. The van der Waals surface area contributed by atoms with E-state index < -0.39 is 11.5 Å². The summed E-state index contributed by atoms with van der Waals surface area (Å²) in [6.45, 7) is 1.12. The SMILES string of the molecule is COc1cccc2cc(C(=O)NC[C@@H]3CCCO3)c(=O)oc12. The quantitative estimate of drug-likeness (QED) is 0.870. The number of methoxy groups -OCH3 is 1. The molecular weight excluding hydrogens is 286 g/mol. The molecule has 1 fully saturated rings. The molecule has 1 amide bonds. The average Bonchev–Trinajstić information content (AvgIpc) is 3.05. The first-order chi connectivity index (χ1) is 10.7. The summed E-state index contributed by atoms with van der Waals surface area (Å²) >= 11 is 0. The highest BCUT2D eigenvalue weighted by atomic mass is 16.5. The molecule has 6 nitrogen and oxygen atoms in total. The minimum Gasteiger partial charge on any atom is -0.493 e. The van der Waals surface area contributed by atoms with Crippen LogP contribution < -0.4 is 15.7 Å². The molecule has 1 saturated heterocycles. The van der Waals surface area contributed by atoms with Crippen LogP contribution in [0.1, 0.15) is 23.2 Å². The van der Waals surface area contributed by atoms with Crippen LogP contribution in [0.2, 0.25) is 0 Å². The Morgan fingerprint density at radius 2 is 2.32 bits per heavy atom. The zero-order valence-electron chi connectivity index (χ0n) is 12.3. The van der Waals surface area contributed by atoms with Gasteiger partial charge in [0, 0.05) is 18.5 Å². The van der Waals surface area contributed by atoms with Crippen molar-refractivity contribution in [2.45, 2.75) is 18.9 Å². The van der Waals surface area contributed by atoms with Crippen molar-refractivity contribution in [3.05, 3.63) is 40.2 Å². The molecule has 6 heteroatoms. The zero-order chi connectivity index (χ0) is 15.5. The van der Waals surface area contributed by atoms with E-state index in [0.717, 1.165) is 19.4 Å². The van der Waals surface area contributed by atoms with Gasteiger partial charge in [-0.1, -0.05) is 12.1 Å². The number of amides is 1. The topological polar surface area (TPSA) is 77.8 Å². The molecule has 3 rings (SSSR count). The molecule has 0 bridgehead atoms. The van der Waals surface area contributed by atoms with E-state index >= 15 is 0 Å². The monoisotopic (exact) mass is 303 g/mol. The first-order valence-electron chi connectivity index (χ1n) is 7.19. The highest BCUT2D eigenvalue weighted by Crippen LogP contribution is 2.24. The van der Waals surface area contributed by atoms with Gasteiger partial charge in [-0.25, -0.2) is 4.79 Å². The van der Waals surface area contributed by atoms with Crippen LogP contribution in [0.15, 0.2) is 33.5 Å². The molecule has 0 spiro atoms. The van der Waals surface area contributed by atoms with Gasteiger partial charge < -0.3 is 19.2 Å². The third-order valence-electron chi connectivity index (χ3n) is 3.70. The molecule has 2 heterocycles. The largest absolute Gasteiger partial charge is 0.493 e. The van der Waals surface area contributed by atoms with E-state index in [2.05, 4.69) is 5.32 Å². The van der Waals surface area contributed by atoms with E-state index in [9.17, 15) is 9.59 Å². The van der Waals surface area contributed by atoms with Gasteiger partial charge in [0.05, 0.1) is 13.2 Å². The molecule has 1 aliphatic heterocycles. The lowest BCUT2D eigenvalue weighted by Crippen LogP contribution is -2.34. The maximum Gasteiger partial charge on any atom is 0.349 e. The van der Waals surface area contributed by atoms with Crippen LogP contribution in [0.4, 0.5) is 0 Å². The Kier molecular flexibility index (Phi) is 4.11. The minimum atomic E-state index is -0.679. The van der Waals surface area contributed by atoms with Gasteiger partial charge in [0.25, 0.3) is 5.91 Å². The second-order valence-electron chi connectivity index (χ2n) is 5.17. The van der Waals surface area contributed by atoms with E-state index in [1.54, 1.807) is 18.2 Å². The lowest BCUT2D eigenvalue weighted by atomic mass is 10.1. The number of benzene rings is 1. The number of rotatable bonds is 4. The maximum absolute atomic E-state index is 12.2.